The molecular weight excluding hydrogens is 533 g/mol. The third-order valence-electron chi connectivity index (χ3n) is 4.24. The molecule has 0 bridgehead atoms. The maximum absolute atomic E-state index is 12.8. The van der Waals surface area contributed by atoms with E-state index in [1.807, 2.05) is 18.2 Å². The summed E-state index contributed by atoms with van der Waals surface area (Å²) in [6.07, 6.45) is 0. The number of benzene rings is 3. The van der Waals surface area contributed by atoms with E-state index in [9.17, 15) is 13.2 Å². The first kappa shape index (κ1) is 22.2. The Balaban J connectivity index is 1.67. The summed E-state index contributed by atoms with van der Waals surface area (Å²) in [5.41, 5.74) is 1.65. The first-order valence-electron chi connectivity index (χ1n) is 8.80. The molecule has 2 N–H and O–H groups in total. The number of hydrogen-bond donors (Lipinski definition) is 2. The van der Waals surface area contributed by atoms with Crippen LogP contribution in [0.3, 0.4) is 0 Å². The molecule has 0 radical (unpaired) electrons. The standard InChI is InChI=1S/C21H18IN3O3S2/c1-25(16-7-3-2-4-8-16)30(27,28)17-13-11-15(12-14-17)23-21(29)24-20(26)18-9-5-6-10-19(18)22/h2-14H,1H3,(H2,23,24,26,29). The average molecular weight is 551 g/mol. The van der Waals surface area contributed by atoms with Gasteiger partial charge in [-0.05, 0) is 83.3 Å². The van der Waals surface area contributed by atoms with Gasteiger partial charge in [-0.25, -0.2) is 8.42 Å². The lowest BCUT2D eigenvalue weighted by Crippen LogP contribution is -2.34. The number of carbonyl (C=O) groups excluding carboxylic acids is 1. The van der Waals surface area contributed by atoms with Crippen molar-refractivity contribution in [1.82, 2.24) is 5.32 Å². The van der Waals surface area contributed by atoms with Crippen LogP contribution < -0.4 is 14.9 Å². The van der Waals surface area contributed by atoms with Crippen molar-refractivity contribution in [1.29, 1.82) is 0 Å². The molecule has 0 aromatic heterocycles. The fourth-order valence-corrected chi connectivity index (χ4v) is 4.66. The lowest BCUT2D eigenvalue weighted by molar-refractivity contribution is 0.0977. The molecule has 0 fully saturated rings. The molecule has 154 valence electrons. The molecule has 0 saturated carbocycles. The van der Waals surface area contributed by atoms with Crippen LogP contribution >= 0.6 is 34.8 Å². The van der Waals surface area contributed by atoms with Crippen molar-refractivity contribution < 1.29 is 13.2 Å². The molecule has 0 spiro atoms. The molecule has 0 heterocycles. The van der Waals surface area contributed by atoms with Crippen LogP contribution in [0.4, 0.5) is 11.4 Å². The number of nitrogens with one attached hydrogen (secondary N) is 2. The average Bonchev–Trinajstić information content (AvgIpc) is 2.74. The maximum Gasteiger partial charge on any atom is 0.264 e. The van der Waals surface area contributed by atoms with Gasteiger partial charge in [-0.15, -0.1) is 0 Å². The van der Waals surface area contributed by atoms with Crippen molar-refractivity contribution in [2.45, 2.75) is 4.90 Å². The normalized spacial score (nSPS) is 10.9. The molecule has 0 saturated heterocycles. The molecule has 0 aliphatic heterocycles. The largest absolute Gasteiger partial charge is 0.332 e. The summed E-state index contributed by atoms with van der Waals surface area (Å²) >= 11 is 7.28. The van der Waals surface area contributed by atoms with Crippen molar-refractivity contribution in [2.75, 3.05) is 16.7 Å². The first-order chi connectivity index (χ1) is 14.3. The van der Waals surface area contributed by atoms with Gasteiger partial charge < -0.3 is 5.32 Å². The molecule has 3 aromatic rings. The highest BCUT2D eigenvalue weighted by molar-refractivity contribution is 14.1. The van der Waals surface area contributed by atoms with Crippen LogP contribution in [0.1, 0.15) is 10.4 Å². The number of halogens is 1. The summed E-state index contributed by atoms with van der Waals surface area (Å²) in [7, 11) is -2.19. The number of para-hydroxylation sites is 1. The van der Waals surface area contributed by atoms with Gasteiger partial charge in [-0.3, -0.25) is 14.4 Å². The number of thiocarbonyl (C=S) groups is 1. The Labute approximate surface area is 194 Å². The number of rotatable bonds is 5. The Morgan fingerprint density at radius 3 is 2.17 bits per heavy atom. The van der Waals surface area contributed by atoms with Gasteiger partial charge in [0.05, 0.1) is 16.1 Å². The zero-order valence-corrected chi connectivity index (χ0v) is 19.7. The van der Waals surface area contributed by atoms with E-state index in [2.05, 4.69) is 33.2 Å². The molecule has 1 amide bonds. The number of hydrogen-bond acceptors (Lipinski definition) is 4. The topological polar surface area (TPSA) is 78.5 Å². The molecule has 6 nitrogen and oxygen atoms in total. The van der Waals surface area contributed by atoms with E-state index in [4.69, 9.17) is 12.2 Å². The van der Waals surface area contributed by atoms with E-state index in [0.29, 0.717) is 16.9 Å². The van der Waals surface area contributed by atoms with Crippen LogP contribution in [-0.4, -0.2) is 26.5 Å². The van der Waals surface area contributed by atoms with Gasteiger partial charge in [0, 0.05) is 16.3 Å². The van der Waals surface area contributed by atoms with Crippen molar-refractivity contribution in [3.8, 4) is 0 Å². The van der Waals surface area contributed by atoms with Gasteiger partial charge in [0.1, 0.15) is 0 Å². The Kier molecular flexibility index (Phi) is 7.06. The minimum atomic E-state index is -3.69. The molecule has 9 heteroatoms. The predicted octanol–water partition coefficient (Wildman–Crippen LogP) is 4.24. The Hall–Kier alpha value is -2.50. The molecule has 0 unspecified atom stereocenters. The number of sulfonamides is 1. The van der Waals surface area contributed by atoms with Gasteiger partial charge in [0.15, 0.2) is 5.11 Å². The summed E-state index contributed by atoms with van der Waals surface area (Å²) in [5, 5.41) is 5.63. The summed E-state index contributed by atoms with van der Waals surface area (Å²) in [6.45, 7) is 0. The van der Waals surface area contributed by atoms with E-state index in [1.54, 1.807) is 48.5 Å². The molecular formula is C21H18IN3O3S2. The van der Waals surface area contributed by atoms with Crippen molar-refractivity contribution in [3.63, 3.8) is 0 Å². The van der Waals surface area contributed by atoms with Crippen molar-refractivity contribution >= 4 is 67.2 Å². The van der Waals surface area contributed by atoms with Crippen LogP contribution in [0.15, 0.2) is 83.8 Å². The van der Waals surface area contributed by atoms with Gasteiger partial charge in [-0.1, -0.05) is 30.3 Å². The fraction of sp³-hybridized carbons (Fsp3) is 0.0476. The van der Waals surface area contributed by atoms with Gasteiger partial charge >= 0.3 is 0 Å². The summed E-state index contributed by atoms with van der Waals surface area (Å²) in [6, 6.07) is 22.2. The third-order valence-corrected chi connectivity index (χ3v) is 7.18. The summed E-state index contributed by atoms with van der Waals surface area (Å²) < 4.78 is 27.7. The van der Waals surface area contributed by atoms with Crippen molar-refractivity contribution in [3.05, 3.63) is 88.0 Å². The zero-order chi connectivity index (χ0) is 21.7. The highest BCUT2D eigenvalue weighted by Gasteiger charge is 2.21. The number of carbonyl (C=O) groups is 1. The Morgan fingerprint density at radius 1 is 0.933 bits per heavy atom. The smallest absolute Gasteiger partial charge is 0.264 e. The maximum atomic E-state index is 12.8. The van der Waals surface area contributed by atoms with Gasteiger partial charge in [0.25, 0.3) is 15.9 Å². The van der Waals surface area contributed by atoms with E-state index in [0.717, 1.165) is 3.57 Å². The lowest BCUT2D eigenvalue weighted by Gasteiger charge is -2.19. The predicted molar refractivity (Wildman–Crippen MR) is 131 cm³/mol. The zero-order valence-electron chi connectivity index (χ0n) is 15.9. The Bertz CT molecular complexity index is 1170. The lowest BCUT2D eigenvalue weighted by atomic mass is 10.2. The minimum absolute atomic E-state index is 0.122. The number of anilines is 2. The number of amides is 1. The SMILES string of the molecule is CN(c1ccccc1)S(=O)(=O)c1ccc(NC(=S)NC(=O)c2ccccc2I)cc1. The monoisotopic (exact) mass is 551 g/mol. The van der Waals surface area contributed by atoms with Crippen LogP contribution in [0.5, 0.6) is 0 Å². The van der Waals surface area contributed by atoms with E-state index < -0.39 is 10.0 Å². The highest BCUT2D eigenvalue weighted by Crippen LogP contribution is 2.22. The fourth-order valence-electron chi connectivity index (χ4n) is 2.62. The van der Waals surface area contributed by atoms with E-state index in [-0.39, 0.29) is 15.9 Å². The van der Waals surface area contributed by atoms with Crippen LogP contribution in [0, 0.1) is 3.57 Å². The van der Waals surface area contributed by atoms with Crippen LogP contribution in [-0.2, 0) is 10.0 Å². The second kappa shape index (κ2) is 9.54. The van der Waals surface area contributed by atoms with Crippen LogP contribution in [0.25, 0.3) is 0 Å². The molecule has 0 aliphatic rings. The highest BCUT2D eigenvalue weighted by atomic mass is 127. The number of nitrogens with zero attached hydrogens (tertiary/aromatic N) is 1. The van der Waals surface area contributed by atoms with E-state index >= 15 is 0 Å². The molecule has 30 heavy (non-hydrogen) atoms. The molecule has 3 rings (SSSR count). The first-order valence-corrected chi connectivity index (χ1v) is 11.7. The second-order valence-electron chi connectivity index (χ2n) is 6.22. The van der Waals surface area contributed by atoms with Crippen LogP contribution in [0.2, 0.25) is 0 Å². The van der Waals surface area contributed by atoms with Crippen molar-refractivity contribution in [2.24, 2.45) is 0 Å². The molecule has 0 aliphatic carbocycles. The second-order valence-corrected chi connectivity index (χ2v) is 9.76. The Morgan fingerprint density at radius 2 is 1.53 bits per heavy atom. The quantitative estimate of drug-likeness (QED) is 0.367. The summed E-state index contributed by atoms with van der Waals surface area (Å²) in [5.74, 6) is -0.318. The molecule has 3 aromatic carbocycles. The minimum Gasteiger partial charge on any atom is -0.332 e. The van der Waals surface area contributed by atoms with E-state index in [1.165, 1.54) is 23.5 Å². The van der Waals surface area contributed by atoms with Gasteiger partial charge in [0.2, 0.25) is 0 Å². The summed E-state index contributed by atoms with van der Waals surface area (Å²) in [4.78, 5) is 12.5. The van der Waals surface area contributed by atoms with Gasteiger partial charge in [-0.2, -0.15) is 0 Å². The molecule has 0 atom stereocenters. The third kappa shape index (κ3) is 5.15.